The summed E-state index contributed by atoms with van der Waals surface area (Å²) in [6.45, 7) is 1.66. The van der Waals surface area contributed by atoms with Gasteiger partial charge in [0, 0.05) is 6.42 Å². The van der Waals surface area contributed by atoms with Gasteiger partial charge >= 0.3 is 0 Å². The molecule has 0 aromatic heterocycles. The number of benzene rings is 1. The van der Waals surface area contributed by atoms with Gasteiger partial charge < -0.3 is 14.6 Å². The van der Waals surface area contributed by atoms with Crippen molar-refractivity contribution in [3.05, 3.63) is 35.9 Å². The molecule has 1 aliphatic rings. The Morgan fingerprint density at radius 1 is 1.20 bits per heavy atom. The molecule has 1 aliphatic heterocycles. The monoisotopic (exact) mass is 208 g/mol. The predicted molar refractivity (Wildman–Crippen MR) is 56.7 cm³/mol. The molecule has 15 heavy (non-hydrogen) atoms. The number of ether oxygens (including phenoxy) is 2. The Morgan fingerprint density at radius 3 is 2.60 bits per heavy atom. The minimum absolute atomic E-state index is 0.00188. The Kier molecular flexibility index (Phi) is 3.36. The van der Waals surface area contributed by atoms with Gasteiger partial charge in [-0.1, -0.05) is 30.3 Å². The molecule has 0 bridgehead atoms. The van der Waals surface area contributed by atoms with E-state index in [2.05, 4.69) is 0 Å². The highest BCUT2D eigenvalue weighted by Gasteiger charge is 2.33. The van der Waals surface area contributed by atoms with Crippen LogP contribution in [0.2, 0.25) is 0 Å². The van der Waals surface area contributed by atoms with Crippen LogP contribution in [0.3, 0.4) is 0 Å². The highest BCUT2D eigenvalue weighted by molar-refractivity contribution is 5.17. The second kappa shape index (κ2) is 4.75. The predicted octanol–water partition coefficient (Wildman–Crippen LogP) is 1.01. The SMILES string of the molecule is OCC1(Cc2ccccc2)COCCO1. The number of rotatable bonds is 3. The number of aliphatic hydroxyl groups excluding tert-OH is 1. The molecule has 1 atom stereocenters. The van der Waals surface area contributed by atoms with Crippen molar-refractivity contribution in [2.24, 2.45) is 0 Å². The molecule has 0 saturated carbocycles. The Labute approximate surface area is 89.6 Å². The van der Waals surface area contributed by atoms with Crippen molar-refractivity contribution < 1.29 is 14.6 Å². The average Bonchev–Trinajstić information content (AvgIpc) is 2.32. The highest BCUT2D eigenvalue weighted by atomic mass is 16.6. The van der Waals surface area contributed by atoms with Gasteiger partial charge in [0.25, 0.3) is 0 Å². The molecule has 0 radical (unpaired) electrons. The first-order valence-corrected chi connectivity index (χ1v) is 5.21. The van der Waals surface area contributed by atoms with Gasteiger partial charge in [-0.15, -0.1) is 0 Å². The standard InChI is InChI=1S/C12H16O3/c13-9-12(10-14-6-7-15-12)8-11-4-2-1-3-5-11/h1-5,13H,6-10H2. The van der Waals surface area contributed by atoms with Crippen LogP contribution in [0.25, 0.3) is 0 Å². The average molecular weight is 208 g/mol. The fraction of sp³-hybridized carbons (Fsp3) is 0.500. The van der Waals surface area contributed by atoms with Crippen molar-refractivity contribution in [2.45, 2.75) is 12.0 Å². The van der Waals surface area contributed by atoms with Crippen LogP contribution in [0, 0.1) is 0 Å². The lowest BCUT2D eigenvalue weighted by atomic mass is 9.95. The molecule has 1 unspecified atom stereocenters. The molecule has 1 aromatic rings. The summed E-state index contributed by atoms with van der Waals surface area (Å²) < 4.78 is 11.0. The van der Waals surface area contributed by atoms with Crippen LogP contribution in [-0.4, -0.2) is 37.1 Å². The normalized spacial score (nSPS) is 26.5. The Bertz CT molecular complexity index is 291. The molecule has 1 heterocycles. The molecule has 1 saturated heterocycles. The van der Waals surface area contributed by atoms with Gasteiger partial charge in [-0.3, -0.25) is 0 Å². The summed E-state index contributed by atoms with van der Waals surface area (Å²) in [5.74, 6) is 0. The lowest BCUT2D eigenvalue weighted by molar-refractivity contribution is -0.174. The number of hydrogen-bond donors (Lipinski definition) is 1. The van der Waals surface area contributed by atoms with E-state index in [4.69, 9.17) is 9.47 Å². The molecule has 3 heteroatoms. The zero-order valence-electron chi connectivity index (χ0n) is 8.69. The summed E-state index contributed by atoms with van der Waals surface area (Å²) in [6, 6.07) is 10.0. The first kappa shape index (κ1) is 10.6. The molecule has 0 spiro atoms. The summed E-state index contributed by atoms with van der Waals surface area (Å²) in [5, 5.41) is 9.40. The van der Waals surface area contributed by atoms with Crippen LogP contribution in [0.5, 0.6) is 0 Å². The van der Waals surface area contributed by atoms with E-state index in [0.717, 1.165) is 5.56 Å². The largest absolute Gasteiger partial charge is 0.393 e. The minimum Gasteiger partial charge on any atom is -0.393 e. The Morgan fingerprint density at radius 2 is 2.00 bits per heavy atom. The molecule has 2 rings (SSSR count). The van der Waals surface area contributed by atoms with Crippen molar-refractivity contribution in [2.75, 3.05) is 26.4 Å². The van der Waals surface area contributed by atoms with E-state index >= 15 is 0 Å². The van der Waals surface area contributed by atoms with Gasteiger partial charge in [0.2, 0.25) is 0 Å². The van der Waals surface area contributed by atoms with Gasteiger partial charge in [-0.05, 0) is 5.56 Å². The Hall–Kier alpha value is -0.900. The van der Waals surface area contributed by atoms with Crippen molar-refractivity contribution in [1.82, 2.24) is 0 Å². The summed E-state index contributed by atoms with van der Waals surface area (Å²) in [5.41, 5.74) is 0.622. The van der Waals surface area contributed by atoms with E-state index in [1.165, 1.54) is 0 Å². The van der Waals surface area contributed by atoms with E-state index in [9.17, 15) is 5.11 Å². The lowest BCUT2D eigenvalue weighted by Crippen LogP contribution is -2.48. The van der Waals surface area contributed by atoms with Crippen LogP contribution in [0.1, 0.15) is 5.56 Å². The maximum Gasteiger partial charge on any atom is 0.118 e. The minimum atomic E-state index is -0.542. The topological polar surface area (TPSA) is 38.7 Å². The maximum atomic E-state index is 9.40. The molecule has 3 nitrogen and oxygen atoms in total. The van der Waals surface area contributed by atoms with Crippen molar-refractivity contribution in [3.63, 3.8) is 0 Å². The summed E-state index contributed by atoms with van der Waals surface area (Å²) >= 11 is 0. The Balaban J connectivity index is 2.07. The first-order valence-electron chi connectivity index (χ1n) is 5.21. The molecule has 82 valence electrons. The molecule has 1 fully saturated rings. The summed E-state index contributed by atoms with van der Waals surface area (Å²) in [7, 11) is 0. The molecule has 0 aliphatic carbocycles. The van der Waals surface area contributed by atoms with E-state index in [0.29, 0.717) is 26.2 Å². The number of aliphatic hydroxyl groups is 1. The van der Waals surface area contributed by atoms with Crippen molar-refractivity contribution >= 4 is 0 Å². The van der Waals surface area contributed by atoms with E-state index in [1.807, 2.05) is 30.3 Å². The van der Waals surface area contributed by atoms with Crippen LogP contribution in [0.4, 0.5) is 0 Å². The van der Waals surface area contributed by atoms with Crippen molar-refractivity contribution in [1.29, 1.82) is 0 Å². The number of hydrogen-bond acceptors (Lipinski definition) is 3. The zero-order chi connectivity index (χ0) is 10.6. The smallest absolute Gasteiger partial charge is 0.118 e. The van der Waals surface area contributed by atoms with Gasteiger partial charge in [-0.2, -0.15) is 0 Å². The van der Waals surface area contributed by atoms with Crippen LogP contribution < -0.4 is 0 Å². The third-order valence-corrected chi connectivity index (χ3v) is 2.66. The van der Waals surface area contributed by atoms with E-state index in [1.54, 1.807) is 0 Å². The maximum absolute atomic E-state index is 9.40. The molecule has 0 amide bonds. The third kappa shape index (κ3) is 2.56. The van der Waals surface area contributed by atoms with Crippen LogP contribution in [0.15, 0.2) is 30.3 Å². The highest BCUT2D eigenvalue weighted by Crippen LogP contribution is 2.21. The molecule has 1 N–H and O–H groups in total. The summed E-state index contributed by atoms with van der Waals surface area (Å²) in [6.07, 6.45) is 0.699. The fourth-order valence-corrected chi connectivity index (χ4v) is 1.83. The molecular formula is C12H16O3. The second-order valence-electron chi connectivity index (χ2n) is 3.90. The van der Waals surface area contributed by atoms with Gasteiger partial charge in [0.15, 0.2) is 0 Å². The fourth-order valence-electron chi connectivity index (χ4n) is 1.83. The van der Waals surface area contributed by atoms with Gasteiger partial charge in [-0.25, -0.2) is 0 Å². The molecule has 1 aromatic carbocycles. The zero-order valence-corrected chi connectivity index (χ0v) is 8.69. The van der Waals surface area contributed by atoms with Crippen LogP contribution in [-0.2, 0) is 15.9 Å². The quantitative estimate of drug-likeness (QED) is 0.805. The van der Waals surface area contributed by atoms with Gasteiger partial charge in [0.1, 0.15) is 5.60 Å². The van der Waals surface area contributed by atoms with Crippen molar-refractivity contribution in [3.8, 4) is 0 Å². The second-order valence-corrected chi connectivity index (χ2v) is 3.90. The van der Waals surface area contributed by atoms with Crippen LogP contribution >= 0.6 is 0 Å². The third-order valence-electron chi connectivity index (χ3n) is 2.66. The molecular weight excluding hydrogens is 192 g/mol. The van der Waals surface area contributed by atoms with E-state index < -0.39 is 5.60 Å². The van der Waals surface area contributed by atoms with E-state index in [-0.39, 0.29) is 6.61 Å². The first-order chi connectivity index (χ1) is 7.35. The lowest BCUT2D eigenvalue weighted by Gasteiger charge is -2.35. The summed E-state index contributed by atoms with van der Waals surface area (Å²) in [4.78, 5) is 0. The van der Waals surface area contributed by atoms with Gasteiger partial charge in [0.05, 0.1) is 26.4 Å².